The predicted molar refractivity (Wildman–Crippen MR) is 140 cm³/mol. The van der Waals surface area contributed by atoms with E-state index >= 15 is 0 Å². The third-order valence-corrected chi connectivity index (χ3v) is 7.56. The number of ether oxygens (including phenoxy) is 3. The Bertz CT molecular complexity index is 1590. The number of pyridine rings is 1. The summed E-state index contributed by atoms with van der Waals surface area (Å²) in [5.74, 6) is 0.916. The Morgan fingerprint density at radius 1 is 1.03 bits per heavy atom. The molecule has 0 unspecified atom stereocenters. The van der Waals surface area contributed by atoms with Crippen molar-refractivity contribution >= 4 is 49.7 Å². The van der Waals surface area contributed by atoms with Gasteiger partial charge in [-0.25, -0.2) is 4.98 Å². The minimum Gasteiger partial charge on any atom is -0.493 e. The number of nitrogens with zero attached hydrogens (tertiary/aromatic N) is 3. The fourth-order valence-corrected chi connectivity index (χ4v) is 5.68. The molecule has 0 fully saturated rings. The molecule has 0 aliphatic heterocycles. The summed E-state index contributed by atoms with van der Waals surface area (Å²) in [7, 11) is 4.85. The number of carbonyl (C=O) groups is 1. The zero-order valence-corrected chi connectivity index (χ0v) is 21.1. The smallest absolute Gasteiger partial charge is 0.280 e. The van der Waals surface area contributed by atoms with Crippen molar-refractivity contribution in [1.29, 1.82) is 0 Å². The van der Waals surface area contributed by atoms with Crippen molar-refractivity contribution in [1.82, 2.24) is 9.55 Å². The van der Waals surface area contributed by atoms with E-state index in [1.54, 1.807) is 32.7 Å². The average Bonchev–Trinajstić information content (AvgIpc) is 3.54. The van der Waals surface area contributed by atoms with Crippen molar-refractivity contribution in [3.63, 3.8) is 0 Å². The van der Waals surface area contributed by atoms with Crippen molar-refractivity contribution in [2.75, 3.05) is 27.9 Å². The molecule has 5 rings (SSSR count). The lowest BCUT2D eigenvalue weighted by Crippen LogP contribution is -2.19. The van der Waals surface area contributed by atoms with E-state index in [0.29, 0.717) is 35.0 Å². The highest BCUT2D eigenvalue weighted by Gasteiger charge is 2.17. The van der Waals surface area contributed by atoms with E-state index in [1.165, 1.54) is 11.3 Å². The number of para-hydroxylation sites is 1. The van der Waals surface area contributed by atoms with E-state index in [-0.39, 0.29) is 5.91 Å². The summed E-state index contributed by atoms with van der Waals surface area (Å²) in [4.78, 5) is 24.6. The molecule has 0 aliphatic carbocycles. The first-order valence-corrected chi connectivity index (χ1v) is 12.6. The van der Waals surface area contributed by atoms with Crippen LogP contribution in [0.25, 0.3) is 31.7 Å². The van der Waals surface area contributed by atoms with E-state index in [0.717, 1.165) is 31.7 Å². The van der Waals surface area contributed by atoms with Gasteiger partial charge < -0.3 is 18.8 Å². The Hall–Kier alpha value is -3.53. The SMILES string of the molecule is COCCn1c(=NC(=O)c2cc(-c3cccs3)nc3ccccc23)sc2cc(OC)c(OC)cc21. The zero-order valence-electron chi connectivity index (χ0n) is 19.5. The molecule has 178 valence electrons. The molecule has 0 radical (unpaired) electrons. The van der Waals surface area contributed by atoms with Crippen LogP contribution in [0, 0.1) is 0 Å². The monoisotopic (exact) mass is 505 g/mol. The van der Waals surface area contributed by atoms with Gasteiger partial charge in [0.2, 0.25) is 0 Å². The number of thiazole rings is 1. The topological polar surface area (TPSA) is 74.9 Å². The van der Waals surface area contributed by atoms with Gasteiger partial charge in [0.05, 0.1) is 52.7 Å². The van der Waals surface area contributed by atoms with Gasteiger partial charge in [-0.2, -0.15) is 4.99 Å². The number of hydrogen-bond acceptors (Lipinski definition) is 7. The van der Waals surface area contributed by atoms with Crippen LogP contribution in [0.2, 0.25) is 0 Å². The maximum Gasteiger partial charge on any atom is 0.280 e. The first-order chi connectivity index (χ1) is 17.1. The fourth-order valence-electron chi connectivity index (χ4n) is 3.93. The lowest BCUT2D eigenvalue weighted by Gasteiger charge is -2.09. The second kappa shape index (κ2) is 9.99. The summed E-state index contributed by atoms with van der Waals surface area (Å²) >= 11 is 3.01. The minimum atomic E-state index is -0.321. The molecule has 0 bridgehead atoms. The molecule has 0 atom stereocenters. The fraction of sp³-hybridized carbons (Fsp3) is 0.192. The van der Waals surface area contributed by atoms with Crippen LogP contribution in [0.1, 0.15) is 10.4 Å². The van der Waals surface area contributed by atoms with Gasteiger partial charge in [0, 0.05) is 31.2 Å². The summed E-state index contributed by atoms with van der Waals surface area (Å²) in [6.07, 6.45) is 0. The normalized spacial score (nSPS) is 11.9. The largest absolute Gasteiger partial charge is 0.493 e. The highest BCUT2D eigenvalue weighted by Crippen LogP contribution is 2.33. The molecule has 0 saturated carbocycles. The summed E-state index contributed by atoms with van der Waals surface area (Å²) in [6, 6.07) is 17.3. The standard InChI is InChI=1S/C26H23N3O4S2/c1-31-11-10-29-20-14-21(32-2)22(33-3)15-24(20)35-26(29)28-25(30)17-13-19(23-9-6-12-34-23)27-18-8-5-4-7-16(17)18/h4-9,12-15H,10-11H2,1-3H3. The van der Waals surface area contributed by atoms with Crippen LogP contribution in [0.4, 0.5) is 0 Å². The molecule has 3 heterocycles. The Balaban J connectivity index is 1.70. The predicted octanol–water partition coefficient (Wildman–Crippen LogP) is 5.38. The van der Waals surface area contributed by atoms with Crippen molar-refractivity contribution in [2.45, 2.75) is 6.54 Å². The van der Waals surface area contributed by atoms with Gasteiger partial charge in [0.15, 0.2) is 16.3 Å². The number of rotatable bonds is 7. The summed E-state index contributed by atoms with van der Waals surface area (Å²) in [5, 5.41) is 2.77. The quantitative estimate of drug-likeness (QED) is 0.297. The molecule has 0 N–H and O–H groups in total. The number of hydrogen-bond donors (Lipinski definition) is 0. The molecular weight excluding hydrogens is 482 g/mol. The second-order valence-electron chi connectivity index (χ2n) is 7.67. The van der Waals surface area contributed by atoms with E-state index in [9.17, 15) is 4.79 Å². The van der Waals surface area contributed by atoms with Gasteiger partial charge in [0.1, 0.15) is 0 Å². The molecule has 5 aromatic rings. The van der Waals surface area contributed by atoms with Gasteiger partial charge >= 0.3 is 0 Å². The average molecular weight is 506 g/mol. The Labute approximate surface area is 209 Å². The molecule has 9 heteroatoms. The first-order valence-electron chi connectivity index (χ1n) is 10.9. The van der Waals surface area contributed by atoms with Gasteiger partial charge in [0.25, 0.3) is 5.91 Å². The molecular formula is C26H23N3O4S2. The van der Waals surface area contributed by atoms with Crippen LogP contribution in [0.5, 0.6) is 11.5 Å². The number of carbonyl (C=O) groups excluding carboxylic acids is 1. The molecule has 3 aromatic heterocycles. The van der Waals surface area contributed by atoms with Gasteiger partial charge in [-0.05, 0) is 23.6 Å². The van der Waals surface area contributed by atoms with Crippen molar-refractivity contribution in [2.24, 2.45) is 4.99 Å². The van der Waals surface area contributed by atoms with E-state index in [4.69, 9.17) is 19.2 Å². The van der Waals surface area contributed by atoms with E-state index < -0.39 is 0 Å². The summed E-state index contributed by atoms with van der Waals surface area (Å²) in [5.41, 5.74) is 2.94. The molecule has 0 saturated heterocycles. The van der Waals surface area contributed by atoms with Crippen LogP contribution in [0.15, 0.2) is 65.0 Å². The third-order valence-electron chi connectivity index (χ3n) is 5.62. The minimum absolute atomic E-state index is 0.321. The highest BCUT2D eigenvalue weighted by molar-refractivity contribution is 7.16. The number of thiophene rings is 1. The Morgan fingerprint density at radius 2 is 1.83 bits per heavy atom. The van der Waals surface area contributed by atoms with E-state index in [2.05, 4.69) is 4.99 Å². The van der Waals surface area contributed by atoms with Gasteiger partial charge in [-0.3, -0.25) is 4.79 Å². The van der Waals surface area contributed by atoms with Crippen molar-refractivity contribution in [3.8, 4) is 22.1 Å². The molecule has 0 spiro atoms. The molecule has 2 aromatic carbocycles. The molecule has 1 amide bonds. The summed E-state index contributed by atoms with van der Waals surface area (Å²) < 4.78 is 19.2. The van der Waals surface area contributed by atoms with Crippen molar-refractivity contribution < 1.29 is 19.0 Å². The van der Waals surface area contributed by atoms with Gasteiger partial charge in [-0.15, -0.1) is 11.3 Å². The maximum absolute atomic E-state index is 13.6. The zero-order chi connectivity index (χ0) is 24.4. The molecule has 0 aliphatic rings. The van der Waals surface area contributed by atoms with E-state index in [1.807, 2.05) is 64.5 Å². The van der Waals surface area contributed by atoms with Crippen LogP contribution in [-0.2, 0) is 11.3 Å². The highest BCUT2D eigenvalue weighted by atomic mass is 32.1. The molecule has 7 nitrogen and oxygen atoms in total. The lowest BCUT2D eigenvalue weighted by molar-refractivity contribution is 0.0999. The molecule has 35 heavy (non-hydrogen) atoms. The number of methoxy groups -OCH3 is 3. The number of aromatic nitrogens is 2. The lowest BCUT2D eigenvalue weighted by atomic mass is 10.1. The Morgan fingerprint density at radius 3 is 2.57 bits per heavy atom. The van der Waals surface area contributed by atoms with Crippen LogP contribution in [0.3, 0.4) is 0 Å². The van der Waals surface area contributed by atoms with Crippen molar-refractivity contribution in [3.05, 3.63) is 70.3 Å². The number of benzene rings is 2. The van der Waals surface area contributed by atoms with Gasteiger partial charge in [-0.1, -0.05) is 35.6 Å². The number of fused-ring (bicyclic) bond motifs is 2. The van der Waals surface area contributed by atoms with Crippen LogP contribution >= 0.6 is 22.7 Å². The second-order valence-corrected chi connectivity index (χ2v) is 9.63. The maximum atomic E-state index is 13.6. The first kappa shape index (κ1) is 23.2. The number of amides is 1. The summed E-state index contributed by atoms with van der Waals surface area (Å²) in [6.45, 7) is 1.01. The van der Waals surface area contributed by atoms with Crippen LogP contribution < -0.4 is 14.3 Å². The van der Waals surface area contributed by atoms with Crippen LogP contribution in [-0.4, -0.2) is 43.4 Å². The third kappa shape index (κ3) is 4.45. The Kier molecular flexibility index (Phi) is 6.63.